The lowest BCUT2D eigenvalue weighted by Crippen LogP contribution is -2.08. The van der Waals surface area contributed by atoms with E-state index in [9.17, 15) is 9.59 Å². The molecule has 0 N–H and O–H groups in total. The summed E-state index contributed by atoms with van der Waals surface area (Å²) >= 11 is 0. The zero-order valence-electron chi connectivity index (χ0n) is 13.0. The molecule has 3 aromatic carbocycles. The first-order chi connectivity index (χ1) is 11.7. The van der Waals surface area contributed by atoms with E-state index in [1.54, 1.807) is 36.4 Å². The van der Waals surface area contributed by atoms with Gasteiger partial charge in [0, 0.05) is 5.56 Å². The highest BCUT2D eigenvalue weighted by Crippen LogP contribution is 2.14. The molecule has 0 aliphatic carbocycles. The Morgan fingerprint density at radius 2 is 1.38 bits per heavy atom. The lowest BCUT2D eigenvalue weighted by atomic mass is 10.0. The van der Waals surface area contributed by atoms with Crippen molar-refractivity contribution in [2.45, 2.75) is 6.42 Å². The number of para-hydroxylation sites is 1. The summed E-state index contributed by atoms with van der Waals surface area (Å²) < 4.78 is 5.31. The van der Waals surface area contributed by atoms with Gasteiger partial charge in [-0.1, -0.05) is 54.6 Å². The molecule has 0 radical (unpaired) electrons. The van der Waals surface area contributed by atoms with Gasteiger partial charge in [-0.3, -0.25) is 4.79 Å². The highest BCUT2D eigenvalue weighted by atomic mass is 16.5. The van der Waals surface area contributed by atoms with Crippen molar-refractivity contribution in [3.63, 3.8) is 0 Å². The Bertz CT molecular complexity index is 819. The Hall–Kier alpha value is -3.20. The number of benzene rings is 3. The van der Waals surface area contributed by atoms with E-state index in [0.29, 0.717) is 16.9 Å². The molecule has 0 aliphatic rings. The number of hydrogen-bond acceptors (Lipinski definition) is 3. The maximum absolute atomic E-state index is 12.1. The Balaban J connectivity index is 1.66. The van der Waals surface area contributed by atoms with Gasteiger partial charge < -0.3 is 4.74 Å². The molecule has 0 saturated heterocycles. The summed E-state index contributed by atoms with van der Waals surface area (Å²) in [5.74, 6) is 0.157. The number of hydrogen-bond donors (Lipinski definition) is 0. The van der Waals surface area contributed by atoms with Gasteiger partial charge in [-0.25, -0.2) is 4.79 Å². The summed E-state index contributed by atoms with van der Waals surface area (Å²) in [4.78, 5) is 22.8. The largest absolute Gasteiger partial charge is 0.423 e. The summed E-state index contributed by atoms with van der Waals surface area (Å²) in [6.45, 7) is 0. The van der Waals surface area contributed by atoms with E-state index in [1.807, 2.05) is 42.5 Å². The number of carbonyl (C=O) groups excluding carboxylic acids is 2. The quantitative estimate of drug-likeness (QED) is 0.400. The third kappa shape index (κ3) is 3.96. The van der Waals surface area contributed by atoms with Crippen molar-refractivity contribution in [2.24, 2.45) is 0 Å². The first-order valence-corrected chi connectivity index (χ1v) is 7.65. The van der Waals surface area contributed by atoms with Crippen molar-refractivity contribution in [2.75, 3.05) is 0 Å². The molecule has 3 rings (SSSR count). The number of esters is 1. The number of rotatable bonds is 5. The zero-order valence-corrected chi connectivity index (χ0v) is 13.0. The van der Waals surface area contributed by atoms with Gasteiger partial charge >= 0.3 is 5.97 Å². The molecule has 0 fully saturated rings. The molecule has 3 aromatic rings. The van der Waals surface area contributed by atoms with Crippen LogP contribution < -0.4 is 4.74 Å². The van der Waals surface area contributed by atoms with Crippen LogP contribution in [-0.4, -0.2) is 12.3 Å². The lowest BCUT2D eigenvalue weighted by Gasteiger charge is -2.06. The molecule has 0 saturated carbocycles. The van der Waals surface area contributed by atoms with Crippen molar-refractivity contribution in [3.8, 4) is 5.75 Å². The average Bonchev–Trinajstić information content (AvgIpc) is 2.64. The first kappa shape index (κ1) is 15.7. The van der Waals surface area contributed by atoms with Crippen molar-refractivity contribution in [1.82, 2.24) is 0 Å². The van der Waals surface area contributed by atoms with Crippen LogP contribution >= 0.6 is 0 Å². The van der Waals surface area contributed by atoms with Gasteiger partial charge in [0.2, 0.25) is 0 Å². The van der Waals surface area contributed by atoms with E-state index < -0.39 is 0 Å². The molecule has 0 atom stereocenters. The van der Waals surface area contributed by atoms with Crippen LogP contribution in [0.5, 0.6) is 5.75 Å². The predicted molar refractivity (Wildman–Crippen MR) is 92.5 cm³/mol. The monoisotopic (exact) mass is 316 g/mol. The molecule has 0 unspecified atom stereocenters. The number of aldehydes is 1. The molecule has 0 bridgehead atoms. The summed E-state index contributed by atoms with van der Waals surface area (Å²) in [7, 11) is 0. The molecule has 0 aromatic heterocycles. The van der Waals surface area contributed by atoms with Crippen molar-refractivity contribution < 1.29 is 14.3 Å². The molecule has 3 nitrogen and oxygen atoms in total. The van der Waals surface area contributed by atoms with Crippen LogP contribution in [0.1, 0.15) is 31.8 Å². The first-order valence-electron chi connectivity index (χ1n) is 7.65. The molecule has 118 valence electrons. The van der Waals surface area contributed by atoms with E-state index in [0.717, 1.165) is 23.8 Å². The second-order valence-electron chi connectivity index (χ2n) is 5.44. The van der Waals surface area contributed by atoms with Gasteiger partial charge in [-0.2, -0.15) is 0 Å². The standard InChI is InChI=1S/C21H16O3/c22-15-18-8-6-16(7-9-18)14-17-10-12-19(13-11-17)21(23)24-20-4-2-1-3-5-20/h1-13,15H,14H2. The predicted octanol–water partition coefficient (Wildman–Crippen LogP) is 4.31. The fraction of sp³-hybridized carbons (Fsp3) is 0.0476. The minimum Gasteiger partial charge on any atom is -0.423 e. The number of ether oxygens (including phenoxy) is 1. The Morgan fingerprint density at radius 3 is 1.96 bits per heavy atom. The number of carbonyl (C=O) groups is 2. The van der Waals surface area contributed by atoms with Crippen LogP contribution in [0.2, 0.25) is 0 Å². The summed E-state index contributed by atoms with van der Waals surface area (Å²) in [5, 5.41) is 0. The van der Waals surface area contributed by atoms with E-state index in [1.165, 1.54) is 0 Å². The van der Waals surface area contributed by atoms with E-state index >= 15 is 0 Å². The van der Waals surface area contributed by atoms with Crippen molar-refractivity contribution in [3.05, 3.63) is 101 Å². The third-order valence-electron chi connectivity index (χ3n) is 3.67. The zero-order chi connectivity index (χ0) is 16.8. The van der Waals surface area contributed by atoms with Gasteiger partial charge in [-0.05, 0) is 41.8 Å². The topological polar surface area (TPSA) is 43.4 Å². The second-order valence-corrected chi connectivity index (χ2v) is 5.44. The molecular weight excluding hydrogens is 300 g/mol. The van der Waals surface area contributed by atoms with Crippen LogP contribution in [0.3, 0.4) is 0 Å². The van der Waals surface area contributed by atoms with E-state index in [-0.39, 0.29) is 5.97 Å². The van der Waals surface area contributed by atoms with Crippen LogP contribution in [-0.2, 0) is 6.42 Å². The molecule has 24 heavy (non-hydrogen) atoms. The summed E-state index contributed by atoms with van der Waals surface area (Å²) in [5.41, 5.74) is 3.38. The van der Waals surface area contributed by atoms with E-state index in [4.69, 9.17) is 4.74 Å². The second kappa shape index (κ2) is 7.38. The molecule has 0 heterocycles. The van der Waals surface area contributed by atoms with Crippen LogP contribution in [0.4, 0.5) is 0 Å². The van der Waals surface area contributed by atoms with Gasteiger partial charge in [-0.15, -0.1) is 0 Å². The fourth-order valence-electron chi connectivity index (χ4n) is 2.36. The Morgan fingerprint density at radius 1 is 0.792 bits per heavy atom. The minimum atomic E-state index is -0.372. The van der Waals surface area contributed by atoms with Crippen LogP contribution in [0.15, 0.2) is 78.9 Å². The van der Waals surface area contributed by atoms with Crippen LogP contribution in [0.25, 0.3) is 0 Å². The Kier molecular flexibility index (Phi) is 4.82. The maximum Gasteiger partial charge on any atom is 0.343 e. The van der Waals surface area contributed by atoms with E-state index in [2.05, 4.69) is 0 Å². The molecule has 0 aliphatic heterocycles. The van der Waals surface area contributed by atoms with Gasteiger partial charge in [0.15, 0.2) is 0 Å². The van der Waals surface area contributed by atoms with Crippen molar-refractivity contribution in [1.29, 1.82) is 0 Å². The normalized spacial score (nSPS) is 10.2. The molecular formula is C21H16O3. The molecule has 3 heteroatoms. The molecule has 0 amide bonds. The van der Waals surface area contributed by atoms with Gasteiger partial charge in [0.25, 0.3) is 0 Å². The highest BCUT2D eigenvalue weighted by molar-refractivity contribution is 5.91. The SMILES string of the molecule is O=Cc1ccc(Cc2ccc(C(=O)Oc3ccccc3)cc2)cc1. The van der Waals surface area contributed by atoms with Crippen LogP contribution in [0, 0.1) is 0 Å². The Labute approximate surface area is 140 Å². The van der Waals surface area contributed by atoms with Crippen molar-refractivity contribution >= 4 is 12.3 Å². The summed E-state index contributed by atoms with van der Waals surface area (Å²) in [6, 6.07) is 23.8. The summed E-state index contributed by atoms with van der Waals surface area (Å²) in [6.07, 6.45) is 1.57. The maximum atomic E-state index is 12.1. The minimum absolute atomic E-state index is 0.372. The lowest BCUT2D eigenvalue weighted by molar-refractivity contribution is 0.0734. The highest BCUT2D eigenvalue weighted by Gasteiger charge is 2.08. The van der Waals surface area contributed by atoms with Gasteiger partial charge in [0.1, 0.15) is 12.0 Å². The fourth-order valence-corrected chi connectivity index (χ4v) is 2.36. The smallest absolute Gasteiger partial charge is 0.343 e. The van der Waals surface area contributed by atoms with Gasteiger partial charge in [0.05, 0.1) is 5.56 Å². The average molecular weight is 316 g/mol. The third-order valence-corrected chi connectivity index (χ3v) is 3.67. The molecule has 0 spiro atoms.